The van der Waals surface area contributed by atoms with Crippen LogP contribution in [0.2, 0.25) is 0 Å². The first kappa shape index (κ1) is 22.9. The smallest absolute Gasteiger partial charge is 0.340 e. The van der Waals surface area contributed by atoms with Crippen LogP contribution in [0, 0.1) is 0 Å². The third kappa shape index (κ3) is 10.3. The Labute approximate surface area is 172 Å². The molecule has 158 valence electrons. The average Bonchev–Trinajstić information content (AvgIpc) is 3.46. The Balaban J connectivity index is 1.32. The largest absolute Gasteiger partial charge is 0.429 e. The molecule has 1 aliphatic rings. The lowest BCUT2D eigenvalue weighted by Gasteiger charge is -2.03. The second-order valence-corrected chi connectivity index (χ2v) is 8.20. The third-order valence-corrected chi connectivity index (χ3v) is 5.61. The predicted molar refractivity (Wildman–Crippen MR) is 115 cm³/mol. The summed E-state index contributed by atoms with van der Waals surface area (Å²) in [5, 5.41) is 0. The van der Waals surface area contributed by atoms with Crippen LogP contribution in [-0.4, -0.2) is 18.4 Å². The number of hydrogen-bond acceptors (Lipinski definition) is 3. The van der Waals surface area contributed by atoms with Gasteiger partial charge in [0, 0.05) is 0 Å². The Kier molecular flexibility index (Phi) is 12.0. The maximum atomic E-state index is 11.9. The van der Waals surface area contributed by atoms with Crippen molar-refractivity contribution in [2.75, 3.05) is 0 Å². The molecule has 0 amide bonds. The maximum absolute atomic E-state index is 11.9. The van der Waals surface area contributed by atoms with Crippen LogP contribution < -0.4 is 0 Å². The quantitative estimate of drug-likeness (QED) is 0.158. The first-order valence-corrected chi connectivity index (χ1v) is 11.7. The molecule has 1 aromatic carbocycles. The molecule has 3 heteroatoms. The maximum Gasteiger partial charge on any atom is 0.340 e. The highest BCUT2D eigenvalue weighted by Gasteiger charge is 2.41. The van der Waals surface area contributed by atoms with Gasteiger partial charge in [0.25, 0.3) is 0 Å². The summed E-state index contributed by atoms with van der Waals surface area (Å²) in [6.45, 7) is 2.28. The number of rotatable bonds is 17. The monoisotopic (exact) mass is 388 g/mol. The number of carbonyl (C=O) groups excluding carboxylic acids is 1. The normalized spacial score (nSPS) is 18.2. The molecule has 2 unspecified atom stereocenters. The van der Waals surface area contributed by atoms with Gasteiger partial charge in [-0.2, -0.15) is 0 Å². The van der Waals surface area contributed by atoms with Gasteiger partial charge >= 0.3 is 5.97 Å². The molecule has 3 nitrogen and oxygen atoms in total. The highest BCUT2D eigenvalue weighted by atomic mass is 16.8. The van der Waals surface area contributed by atoms with Gasteiger partial charge in [0.05, 0.1) is 5.56 Å². The molecule has 28 heavy (non-hydrogen) atoms. The summed E-state index contributed by atoms with van der Waals surface area (Å²) in [6.07, 6.45) is 20.0. The Bertz CT molecular complexity index is 514. The van der Waals surface area contributed by atoms with Crippen molar-refractivity contribution < 1.29 is 14.3 Å². The summed E-state index contributed by atoms with van der Waals surface area (Å²) in [5.74, 6) is -0.283. The number of unbranched alkanes of at least 4 members (excludes halogenated alkanes) is 13. The van der Waals surface area contributed by atoms with Crippen LogP contribution in [0.3, 0.4) is 0 Å². The molecule has 2 rings (SSSR count). The molecule has 1 aliphatic heterocycles. The van der Waals surface area contributed by atoms with E-state index in [2.05, 4.69) is 6.92 Å². The summed E-state index contributed by atoms with van der Waals surface area (Å²) in [5.41, 5.74) is 0.591. The van der Waals surface area contributed by atoms with E-state index in [9.17, 15) is 4.79 Å². The molecule has 0 aromatic heterocycles. The highest BCUT2D eigenvalue weighted by molar-refractivity contribution is 5.89. The number of carbonyl (C=O) groups is 1. The molecule has 0 aliphatic carbocycles. The lowest BCUT2D eigenvalue weighted by Crippen LogP contribution is -2.09. The molecule has 0 N–H and O–H groups in total. The fraction of sp³-hybridized carbons (Fsp3) is 0.720. The summed E-state index contributed by atoms with van der Waals surface area (Å²) in [4.78, 5) is 11.9. The van der Waals surface area contributed by atoms with Crippen LogP contribution >= 0.6 is 0 Å². The second kappa shape index (κ2) is 14.6. The lowest BCUT2D eigenvalue weighted by molar-refractivity contribution is 0.0297. The molecule has 1 fully saturated rings. The Hall–Kier alpha value is -1.35. The number of hydrogen-bond donors (Lipinski definition) is 0. The first-order chi connectivity index (χ1) is 13.8. The summed E-state index contributed by atoms with van der Waals surface area (Å²) >= 11 is 0. The van der Waals surface area contributed by atoms with E-state index in [0.717, 1.165) is 6.42 Å². The van der Waals surface area contributed by atoms with Gasteiger partial charge in [-0.05, 0) is 18.6 Å². The van der Waals surface area contributed by atoms with Crippen LogP contribution in [0.25, 0.3) is 0 Å². The molecule has 1 heterocycles. The average molecular weight is 389 g/mol. The van der Waals surface area contributed by atoms with E-state index in [1.54, 1.807) is 12.1 Å². The fourth-order valence-corrected chi connectivity index (χ4v) is 3.72. The molecule has 0 spiro atoms. The molecule has 1 aromatic rings. The zero-order valence-corrected chi connectivity index (χ0v) is 17.9. The van der Waals surface area contributed by atoms with Gasteiger partial charge in [-0.3, -0.25) is 0 Å². The highest BCUT2D eigenvalue weighted by Crippen LogP contribution is 2.29. The van der Waals surface area contributed by atoms with Crippen molar-refractivity contribution in [3.05, 3.63) is 35.9 Å². The first-order valence-electron chi connectivity index (χ1n) is 11.7. The molecular formula is C25H40O3. The Morgan fingerprint density at radius 3 is 1.82 bits per heavy atom. The minimum absolute atomic E-state index is 0.116. The Morgan fingerprint density at radius 1 is 0.786 bits per heavy atom. The standard InChI is InChI=1S/C25H40O3/c1-2-3-4-5-6-7-8-9-10-11-12-13-14-18-21-23-25(27-23)28-24(26)22-19-16-15-17-20-22/h15-17,19-20,23,25H,2-14,18,21H2,1H3. The van der Waals surface area contributed by atoms with Crippen molar-refractivity contribution in [2.24, 2.45) is 0 Å². The summed E-state index contributed by atoms with van der Waals surface area (Å²) in [6, 6.07) is 9.12. The van der Waals surface area contributed by atoms with Crippen molar-refractivity contribution in [3.63, 3.8) is 0 Å². The van der Waals surface area contributed by atoms with Crippen molar-refractivity contribution in [2.45, 2.75) is 116 Å². The van der Waals surface area contributed by atoms with Crippen LogP contribution in [0.5, 0.6) is 0 Å². The number of epoxide rings is 1. The van der Waals surface area contributed by atoms with E-state index >= 15 is 0 Å². The molecular weight excluding hydrogens is 348 g/mol. The van der Waals surface area contributed by atoms with E-state index in [1.807, 2.05) is 18.2 Å². The fourth-order valence-electron chi connectivity index (χ4n) is 3.72. The van der Waals surface area contributed by atoms with Gasteiger partial charge in [0.2, 0.25) is 6.29 Å². The van der Waals surface area contributed by atoms with Crippen LogP contribution in [0.1, 0.15) is 114 Å². The topological polar surface area (TPSA) is 38.8 Å². The van der Waals surface area contributed by atoms with Crippen molar-refractivity contribution in [3.8, 4) is 0 Å². The summed E-state index contributed by atoms with van der Waals surface area (Å²) in [7, 11) is 0. The lowest BCUT2D eigenvalue weighted by atomic mass is 10.0. The predicted octanol–water partition coefficient (Wildman–Crippen LogP) is 7.44. The number of benzene rings is 1. The molecule has 0 radical (unpaired) electrons. The third-order valence-electron chi connectivity index (χ3n) is 5.61. The zero-order chi connectivity index (χ0) is 19.9. The summed E-state index contributed by atoms with van der Waals surface area (Å²) < 4.78 is 10.8. The van der Waals surface area contributed by atoms with Crippen molar-refractivity contribution in [1.29, 1.82) is 0 Å². The molecule has 1 saturated heterocycles. The second-order valence-electron chi connectivity index (χ2n) is 8.20. The van der Waals surface area contributed by atoms with Crippen molar-refractivity contribution >= 4 is 5.97 Å². The van der Waals surface area contributed by atoms with Crippen LogP contribution in [-0.2, 0) is 9.47 Å². The van der Waals surface area contributed by atoms with Gasteiger partial charge < -0.3 is 9.47 Å². The van der Waals surface area contributed by atoms with Crippen molar-refractivity contribution in [1.82, 2.24) is 0 Å². The minimum Gasteiger partial charge on any atom is -0.429 e. The molecule has 0 saturated carbocycles. The van der Waals surface area contributed by atoms with E-state index in [0.29, 0.717) is 5.56 Å². The Morgan fingerprint density at radius 2 is 1.29 bits per heavy atom. The molecule has 0 bridgehead atoms. The SMILES string of the molecule is CCCCCCCCCCCCCCCCC1OC1OC(=O)c1ccccc1. The zero-order valence-electron chi connectivity index (χ0n) is 17.9. The van der Waals surface area contributed by atoms with E-state index in [-0.39, 0.29) is 18.4 Å². The van der Waals surface area contributed by atoms with Gasteiger partial charge in [-0.1, -0.05) is 115 Å². The number of esters is 1. The minimum atomic E-state index is -0.324. The van der Waals surface area contributed by atoms with Gasteiger partial charge in [-0.15, -0.1) is 0 Å². The van der Waals surface area contributed by atoms with Gasteiger partial charge in [0.15, 0.2) is 0 Å². The number of ether oxygens (including phenoxy) is 2. The van der Waals surface area contributed by atoms with E-state index < -0.39 is 0 Å². The molecule has 2 atom stereocenters. The van der Waals surface area contributed by atoms with Gasteiger partial charge in [0.1, 0.15) is 6.10 Å². The van der Waals surface area contributed by atoms with Crippen LogP contribution in [0.15, 0.2) is 30.3 Å². The van der Waals surface area contributed by atoms with E-state index in [4.69, 9.17) is 9.47 Å². The van der Waals surface area contributed by atoms with Crippen LogP contribution in [0.4, 0.5) is 0 Å². The van der Waals surface area contributed by atoms with E-state index in [1.165, 1.54) is 89.9 Å². The van der Waals surface area contributed by atoms with Gasteiger partial charge in [-0.25, -0.2) is 4.79 Å².